The summed E-state index contributed by atoms with van der Waals surface area (Å²) in [6.45, 7) is 6.88. The fourth-order valence-electron chi connectivity index (χ4n) is 3.44. The molecule has 0 spiro atoms. The highest BCUT2D eigenvalue weighted by Crippen LogP contribution is 2.29. The second-order valence-corrected chi connectivity index (χ2v) is 8.55. The van der Waals surface area contributed by atoms with Gasteiger partial charge in [0.25, 0.3) is 0 Å². The van der Waals surface area contributed by atoms with Crippen molar-refractivity contribution in [3.05, 3.63) is 58.3 Å². The van der Waals surface area contributed by atoms with E-state index in [1.807, 2.05) is 25.1 Å². The molecule has 1 aliphatic rings. The smallest absolute Gasteiger partial charge is 0.209 e. The van der Waals surface area contributed by atoms with Crippen molar-refractivity contribution in [3.8, 4) is 5.75 Å². The molecule has 3 aromatic rings. The van der Waals surface area contributed by atoms with Gasteiger partial charge in [-0.25, -0.2) is 9.07 Å². The SMILES string of the molecule is CCOc1ccccc1N1CCN(Cn2nc(Nc3ccccc3F)sc2=S)CC1. The Hall–Kier alpha value is -2.49. The van der Waals surface area contributed by atoms with E-state index in [0.29, 0.717) is 28.0 Å². The summed E-state index contributed by atoms with van der Waals surface area (Å²) >= 11 is 6.81. The van der Waals surface area contributed by atoms with Crippen molar-refractivity contribution in [2.45, 2.75) is 13.6 Å². The lowest BCUT2D eigenvalue weighted by molar-refractivity contribution is 0.195. The molecule has 30 heavy (non-hydrogen) atoms. The lowest BCUT2D eigenvalue weighted by atomic mass is 10.2. The van der Waals surface area contributed by atoms with E-state index >= 15 is 0 Å². The topological polar surface area (TPSA) is 45.6 Å². The Bertz CT molecular complexity index is 1050. The van der Waals surface area contributed by atoms with E-state index in [4.69, 9.17) is 17.0 Å². The summed E-state index contributed by atoms with van der Waals surface area (Å²) in [6, 6.07) is 14.7. The lowest BCUT2D eigenvalue weighted by Crippen LogP contribution is -2.47. The summed E-state index contributed by atoms with van der Waals surface area (Å²) < 4.78 is 22.1. The van der Waals surface area contributed by atoms with Gasteiger partial charge in [-0.2, -0.15) is 0 Å². The Kier molecular flexibility index (Phi) is 6.61. The molecule has 0 unspecified atom stereocenters. The van der Waals surface area contributed by atoms with Crippen molar-refractivity contribution in [1.82, 2.24) is 14.7 Å². The first kappa shape index (κ1) is 20.8. The molecule has 0 atom stereocenters. The fraction of sp³-hybridized carbons (Fsp3) is 0.333. The van der Waals surface area contributed by atoms with Gasteiger partial charge in [-0.1, -0.05) is 35.6 Å². The summed E-state index contributed by atoms with van der Waals surface area (Å²) in [7, 11) is 0. The molecule has 0 bridgehead atoms. The van der Waals surface area contributed by atoms with E-state index in [0.717, 1.165) is 37.6 Å². The monoisotopic (exact) mass is 445 g/mol. The average molecular weight is 446 g/mol. The third-order valence-corrected chi connectivity index (χ3v) is 6.16. The number of ether oxygens (including phenoxy) is 1. The number of anilines is 3. The summed E-state index contributed by atoms with van der Waals surface area (Å²) in [5, 5.41) is 8.15. The molecule has 6 nitrogen and oxygen atoms in total. The summed E-state index contributed by atoms with van der Waals surface area (Å²) in [6.07, 6.45) is 0. The number of benzene rings is 2. The van der Waals surface area contributed by atoms with Crippen molar-refractivity contribution in [2.24, 2.45) is 0 Å². The number of rotatable bonds is 7. The molecule has 4 rings (SSSR count). The quantitative estimate of drug-likeness (QED) is 0.530. The number of aromatic nitrogens is 2. The van der Waals surface area contributed by atoms with E-state index in [1.165, 1.54) is 17.4 Å². The zero-order valence-corrected chi connectivity index (χ0v) is 18.4. The predicted molar refractivity (Wildman–Crippen MR) is 122 cm³/mol. The molecule has 0 saturated carbocycles. The summed E-state index contributed by atoms with van der Waals surface area (Å²) in [5.74, 6) is 0.618. The van der Waals surface area contributed by atoms with Gasteiger partial charge in [0.2, 0.25) is 5.13 Å². The molecule has 0 aliphatic carbocycles. The van der Waals surface area contributed by atoms with Crippen LogP contribution in [0.4, 0.5) is 20.9 Å². The Labute approximate surface area is 184 Å². The van der Waals surface area contributed by atoms with Gasteiger partial charge in [0.15, 0.2) is 3.95 Å². The Morgan fingerprint density at radius 2 is 1.83 bits per heavy atom. The largest absolute Gasteiger partial charge is 0.492 e. The standard InChI is InChI=1S/C21H24FN5OS2/c1-2-28-19-10-6-5-9-18(19)26-13-11-25(12-14-26)15-27-21(29)30-20(24-27)23-17-8-4-3-7-16(17)22/h3-10H,2,11-15H2,1H3,(H,23,24). The van der Waals surface area contributed by atoms with Crippen molar-refractivity contribution < 1.29 is 9.13 Å². The number of halogens is 1. The number of piperazine rings is 1. The number of hydrogen-bond acceptors (Lipinski definition) is 7. The van der Waals surface area contributed by atoms with Gasteiger partial charge in [-0.3, -0.25) is 4.90 Å². The molecular weight excluding hydrogens is 421 g/mol. The van der Waals surface area contributed by atoms with Gasteiger partial charge in [0.1, 0.15) is 11.6 Å². The molecule has 9 heteroatoms. The maximum absolute atomic E-state index is 13.9. The highest BCUT2D eigenvalue weighted by molar-refractivity contribution is 7.73. The highest BCUT2D eigenvalue weighted by Gasteiger charge is 2.20. The second kappa shape index (κ2) is 9.55. The van der Waals surface area contributed by atoms with Crippen LogP contribution in [0.3, 0.4) is 0 Å². The van der Waals surface area contributed by atoms with Crippen LogP contribution in [0.5, 0.6) is 5.75 Å². The van der Waals surface area contributed by atoms with Gasteiger partial charge in [-0.15, -0.1) is 5.10 Å². The minimum absolute atomic E-state index is 0.311. The third kappa shape index (κ3) is 4.80. The summed E-state index contributed by atoms with van der Waals surface area (Å²) in [4.78, 5) is 4.68. The first-order chi connectivity index (χ1) is 14.6. The Balaban J connectivity index is 1.37. The average Bonchev–Trinajstić information content (AvgIpc) is 3.10. The maximum Gasteiger partial charge on any atom is 0.209 e. The fourth-order valence-corrected chi connectivity index (χ4v) is 4.44. The zero-order chi connectivity index (χ0) is 20.9. The van der Waals surface area contributed by atoms with Gasteiger partial charge in [0.05, 0.1) is 24.7 Å². The second-order valence-electron chi connectivity index (χ2n) is 6.92. The molecule has 0 amide bonds. The van der Waals surface area contributed by atoms with E-state index in [2.05, 4.69) is 26.3 Å². The molecule has 1 aromatic heterocycles. The van der Waals surface area contributed by atoms with E-state index in [-0.39, 0.29) is 5.82 Å². The molecular formula is C21H24FN5OS2. The van der Waals surface area contributed by atoms with Gasteiger partial charge >= 0.3 is 0 Å². The number of hydrogen-bond donors (Lipinski definition) is 1. The molecule has 1 fully saturated rings. The highest BCUT2D eigenvalue weighted by atomic mass is 32.1. The lowest BCUT2D eigenvalue weighted by Gasteiger charge is -2.36. The first-order valence-corrected chi connectivity index (χ1v) is 11.1. The molecule has 1 aliphatic heterocycles. The molecule has 1 saturated heterocycles. The molecule has 2 heterocycles. The van der Waals surface area contributed by atoms with Crippen LogP contribution in [0, 0.1) is 9.77 Å². The summed E-state index contributed by atoms with van der Waals surface area (Å²) in [5.41, 5.74) is 1.54. The minimum atomic E-state index is -0.311. The zero-order valence-electron chi connectivity index (χ0n) is 16.8. The van der Waals surface area contributed by atoms with Gasteiger partial charge in [0, 0.05) is 26.2 Å². The third-order valence-electron chi connectivity index (χ3n) is 4.93. The molecule has 1 N–H and O–H groups in total. The number of para-hydroxylation sites is 3. The van der Waals surface area contributed by atoms with Crippen molar-refractivity contribution in [2.75, 3.05) is 43.0 Å². The van der Waals surface area contributed by atoms with Crippen molar-refractivity contribution >= 4 is 40.1 Å². The van der Waals surface area contributed by atoms with E-state index in [1.54, 1.807) is 22.9 Å². The van der Waals surface area contributed by atoms with Crippen LogP contribution in [0.1, 0.15) is 6.92 Å². The van der Waals surface area contributed by atoms with Crippen molar-refractivity contribution in [3.63, 3.8) is 0 Å². The van der Waals surface area contributed by atoms with Gasteiger partial charge in [-0.05, 0) is 43.4 Å². The predicted octanol–water partition coefficient (Wildman–Crippen LogP) is 4.74. The minimum Gasteiger partial charge on any atom is -0.492 e. The van der Waals surface area contributed by atoms with E-state index < -0.39 is 0 Å². The maximum atomic E-state index is 13.9. The van der Waals surface area contributed by atoms with Crippen LogP contribution in [-0.4, -0.2) is 47.5 Å². The van der Waals surface area contributed by atoms with Crippen LogP contribution >= 0.6 is 23.6 Å². The normalized spacial score (nSPS) is 14.7. The molecule has 2 aromatic carbocycles. The number of nitrogens with zero attached hydrogens (tertiary/aromatic N) is 4. The molecule has 0 radical (unpaired) electrons. The van der Waals surface area contributed by atoms with Crippen LogP contribution in [-0.2, 0) is 6.67 Å². The van der Waals surface area contributed by atoms with Crippen LogP contribution in [0.25, 0.3) is 0 Å². The van der Waals surface area contributed by atoms with Crippen molar-refractivity contribution in [1.29, 1.82) is 0 Å². The van der Waals surface area contributed by atoms with Crippen LogP contribution < -0.4 is 15.0 Å². The van der Waals surface area contributed by atoms with Crippen LogP contribution in [0.15, 0.2) is 48.5 Å². The Morgan fingerprint density at radius 1 is 1.10 bits per heavy atom. The number of nitrogens with one attached hydrogen (secondary N) is 1. The van der Waals surface area contributed by atoms with Crippen LogP contribution in [0.2, 0.25) is 0 Å². The van der Waals surface area contributed by atoms with Gasteiger partial charge < -0.3 is 15.0 Å². The Morgan fingerprint density at radius 3 is 2.60 bits per heavy atom. The molecule has 158 valence electrons. The first-order valence-electron chi connectivity index (χ1n) is 9.92. The van der Waals surface area contributed by atoms with E-state index in [9.17, 15) is 4.39 Å².